The Labute approximate surface area is 222 Å². The zero-order chi connectivity index (χ0) is 27.1. The van der Waals surface area contributed by atoms with Crippen LogP contribution in [0.15, 0.2) is 84.4 Å². The topological polar surface area (TPSA) is 99.8 Å². The predicted octanol–water partition coefficient (Wildman–Crippen LogP) is 6.09. The first-order chi connectivity index (χ1) is 18.4. The van der Waals surface area contributed by atoms with E-state index in [0.717, 1.165) is 11.1 Å². The molecule has 0 radical (unpaired) electrons. The third-order valence-corrected chi connectivity index (χ3v) is 6.07. The van der Waals surface area contributed by atoms with E-state index >= 15 is 0 Å². The molecular formula is C30H32N4O4. The van der Waals surface area contributed by atoms with Gasteiger partial charge in [0.05, 0.1) is 23.9 Å². The van der Waals surface area contributed by atoms with Crippen molar-refractivity contribution >= 4 is 35.1 Å². The fourth-order valence-corrected chi connectivity index (χ4v) is 4.49. The number of carbonyl (C=O) groups excluding carboxylic acids is 3. The molecule has 0 bridgehead atoms. The second-order valence-electron chi connectivity index (χ2n) is 8.96. The number of aryl methyl sites for hydroxylation is 1. The van der Waals surface area contributed by atoms with E-state index in [-0.39, 0.29) is 12.6 Å². The smallest absolute Gasteiger partial charge is 0.338 e. The highest BCUT2D eigenvalue weighted by Crippen LogP contribution is 2.37. The number of amides is 4. The van der Waals surface area contributed by atoms with Crippen molar-refractivity contribution in [1.82, 2.24) is 10.2 Å². The zero-order valence-corrected chi connectivity index (χ0v) is 21.8. The van der Waals surface area contributed by atoms with E-state index in [1.54, 1.807) is 30.0 Å². The number of nitrogens with one attached hydrogen (secondary N) is 3. The number of nitrogens with zero attached hydrogens (tertiary/aromatic N) is 1. The van der Waals surface area contributed by atoms with E-state index in [9.17, 15) is 14.4 Å². The van der Waals surface area contributed by atoms with Gasteiger partial charge in [0.15, 0.2) is 0 Å². The van der Waals surface area contributed by atoms with Gasteiger partial charge >= 0.3 is 18.0 Å². The lowest BCUT2D eigenvalue weighted by Gasteiger charge is -2.37. The number of rotatable bonds is 8. The molecular weight excluding hydrogens is 480 g/mol. The average molecular weight is 513 g/mol. The lowest BCUT2D eigenvalue weighted by molar-refractivity contribution is -0.138. The maximum Gasteiger partial charge on any atom is 0.338 e. The van der Waals surface area contributed by atoms with Gasteiger partial charge in [-0.1, -0.05) is 61.5 Å². The van der Waals surface area contributed by atoms with E-state index in [1.165, 1.54) is 0 Å². The van der Waals surface area contributed by atoms with Gasteiger partial charge in [0.2, 0.25) is 0 Å². The molecule has 3 aromatic carbocycles. The molecule has 3 N–H and O–H groups in total. The van der Waals surface area contributed by atoms with Crippen LogP contribution in [0.2, 0.25) is 0 Å². The second-order valence-corrected chi connectivity index (χ2v) is 8.96. The van der Waals surface area contributed by atoms with Gasteiger partial charge in [-0.05, 0) is 61.2 Å². The molecule has 8 nitrogen and oxygen atoms in total. The van der Waals surface area contributed by atoms with Gasteiger partial charge in [0, 0.05) is 17.9 Å². The lowest BCUT2D eigenvalue weighted by Crippen LogP contribution is -2.48. The van der Waals surface area contributed by atoms with Crippen molar-refractivity contribution in [1.29, 1.82) is 0 Å². The molecule has 8 heteroatoms. The van der Waals surface area contributed by atoms with Crippen molar-refractivity contribution in [2.24, 2.45) is 0 Å². The van der Waals surface area contributed by atoms with Crippen molar-refractivity contribution in [2.45, 2.75) is 33.2 Å². The molecule has 0 aliphatic carbocycles. The van der Waals surface area contributed by atoms with E-state index < -0.39 is 18.0 Å². The summed E-state index contributed by atoms with van der Waals surface area (Å²) in [6.07, 6.45) is 0.708. The highest BCUT2D eigenvalue weighted by atomic mass is 16.5. The molecule has 0 saturated carbocycles. The van der Waals surface area contributed by atoms with Crippen molar-refractivity contribution in [3.63, 3.8) is 0 Å². The normalized spacial score (nSPS) is 15.1. The van der Waals surface area contributed by atoms with Crippen LogP contribution >= 0.6 is 0 Å². The molecule has 1 aliphatic heterocycles. The number of anilines is 2. The zero-order valence-electron chi connectivity index (χ0n) is 21.8. The van der Waals surface area contributed by atoms with Crippen LogP contribution < -0.4 is 16.0 Å². The molecule has 1 aliphatic rings. The Morgan fingerprint density at radius 1 is 0.921 bits per heavy atom. The monoisotopic (exact) mass is 512 g/mol. The molecule has 38 heavy (non-hydrogen) atoms. The van der Waals surface area contributed by atoms with Crippen LogP contribution in [-0.4, -0.2) is 36.1 Å². The summed E-state index contributed by atoms with van der Waals surface area (Å²) in [4.78, 5) is 41.0. The van der Waals surface area contributed by atoms with Gasteiger partial charge in [-0.15, -0.1) is 0 Å². The summed E-state index contributed by atoms with van der Waals surface area (Å²) in [7, 11) is 0. The third-order valence-electron chi connectivity index (χ3n) is 6.07. The first-order valence-corrected chi connectivity index (χ1v) is 12.7. The van der Waals surface area contributed by atoms with Crippen LogP contribution in [0.25, 0.3) is 5.70 Å². The molecule has 1 unspecified atom stereocenters. The van der Waals surface area contributed by atoms with Crippen molar-refractivity contribution < 1.29 is 19.1 Å². The third kappa shape index (κ3) is 6.03. The van der Waals surface area contributed by atoms with E-state index in [4.69, 9.17) is 4.74 Å². The van der Waals surface area contributed by atoms with E-state index in [2.05, 4.69) is 16.0 Å². The van der Waals surface area contributed by atoms with Gasteiger partial charge in [0.1, 0.15) is 0 Å². The van der Waals surface area contributed by atoms with Gasteiger partial charge < -0.3 is 20.7 Å². The van der Waals surface area contributed by atoms with Gasteiger partial charge in [-0.2, -0.15) is 0 Å². The van der Waals surface area contributed by atoms with Crippen LogP contribution in [0.4, 0.5) is 21.0 Å². The number of esters is 1. The summed E-state index contributed by atoms with van der Waals surface area (Å²) in [6.45, 7) is 6.30. The van der Waals surface area contributed by atoms with E-state index in [0.29, 0.717) is 41.2 Å². The number of ether oxygens (including phenoxy) is 1. The quantitative estimate of drug-likeness (QED) is 0.318. The fraction of sp³-hybridized carbons (Fsp3) is 0.233. The van der Waals surface area contributed by atoms with Crippen molar-refractivity contribution in [2.75, 3.05) is 23.8 Å². The number of hydrogen-bond donors (Lipinski definition) is 3. The Morgan fingerprint density at radius 3 is 2.26 bits per heavy atom. The summed E-state index contributed by atoms with van der Waals surface area (Å²) >= 11 is 0. The molecule has 1 atom stereocenters. The SMILES string of the molecule is CCCN1C(=O)NC(c2cccc(NC(=O)Nc3cccc(C)c3)c2)C(C(=O)OCC)=C1c1ccccc1. The minimum absolute atomic E-state index is 0.194. The number of carbonyl (C=O) groups is 3. The minimum Gasteiger partial charge on any atom is -0.463 e. The highest BCUT2D eigenvalue weighted by Gasteiger charge is 2.38. The molecule has 1 heterocycles. The maximum atomic E-state index is 13.4. The molecule has 4 amide bonds. The molecule has 3 aromatic rings. The Hall–Kier alpha value is -4.59. The minimum atomic E-state index is -0.772. The van der Waals surface area contributed by atoms with Gasteiger partial charge in [0.25, 0.3) is 0 Å². The number of hydrogen-bond acceptors (Lipinski definition) is 4. The Balaban J connectivity index is 1.72. The summed E-state index contributed by atoms with van der Waals surface area (Å²) < 4.78 is 5.46. The standard InChI is InChI=1S/C30H32N4O4/c1-4-17-34-27(21-12-7-6-8-13-21)25(28(35)38-5-2)26(33-30(34)37)22-14-10-16-24(19-22)32-29(36)31-23-15-9-11-20(3)18-23/h6-16,18-19,26H,4-5,17H2,1-3H3,(H,33,37)(H2,31,32,36). The first-order valence-electron chi connectivity index (χ1n) is 12.7. The Bertz CT molecular complexity index is 1350. The van der Waals surface area contributed by atoms with Crippen LogP contribution in [-0.2, 0) is 9.53 Å². The molecule has 196 valence electrons. The summed E-state index contributed by atoms with van der Waals surface area (Å²) in [5.74, 6) is -0.506. The van der Waals surface area contributed by atoms with E-state index in [1.807, 2.05) is 74.5 Å². The molecule has 0 fully saturated rings. The largest absolute Gasteiger partial charge is 0.463 e. The summed E-state index contributed by atoms with van der Waals surface area (Å²) in [5.41, 5.74) is 4.47. The van der Waals surface area contributed by atoms with Crippen LogP contribution in [0, 0.1) is 6.92 Å². The van der Waals surface area contributed by atoms with Crippen LogP contribution in [0.1, 0.15) is 43.0 Å². The lowest BCUT2D eigenvalue weighted by atomic mass is 9.91. The average Bonchev–Trinajstić information content (AvgIpc) is 2.90. The molecule has 4 rings (SSSR count). The Kier molecular flexibility index (Phi) is 8.43. The predicted molar refractivity (Wildman–Crippen MR) is 149 cm³/mol. The number of benzene rings is 3. The second kappa shape index (κ2) is 12.1. The molecule has 0 saturated heterocycles. The highest BCUT2D eigenvalue weighted by molar-refractivity contribution is 6.05. The summed E-state index contributed by atoms with van der Waals surface area (Å²) in [6, 6.07) is 22.5. The maximum absolute atomic E-state index is 13.4. The number of urea groups is 2. The van der Waals surface area contributed by atoms with Crippen LogP contribution in [0.5, 0.6) is 0 Å². The Morgan fingerprint density at radius 2 is 1.61 bits per heavy atom. The van der Waals surface area contributed by atoms with Crippen molar-refractivity contribution in [3.05, 3.63) is 101 Å². The summed E-state index contributed by atoms with van der Waals surface area (Å²) in [5, 5.41) is 8.64. The van der Waals surface area contributed by atoms with Gasteiger partial charge in [-0.25, -0.2) is 14.4 Å². The molecule has 0 aromatic heterocycles. The molecule has 0 spiro atoms. The van der Waals surface area contributed by atoms with Crippen LogP contribution in [0.3, 0.4) is 0 Å². The fourth-order valence-electron chi connectivity index (χ4n) is 4.49. The van der Waals surface area contributed by atoms with Gasteiger partial charge in [-0.3, -0.25) is 4.90 Å². The van der Waals surface area contributed by atoms with Crippen molar-refractivity contribution in [3.8, 4) is 0 Å². The first kappa shape index (κ1) is 26.5.